The van der Waals surface area contributed by atoms with Gasteiger partial charge < -0.3 is 4.74 Å². The number of rotatable bonds is 4. The van der Waals surface area contributed by atoms with Crippen LogP contribution in [-0.4, -0.2) is 18.4 Å². The minimum atomic E-state index is -0.610. The molecule has 0 aromatic carbocycles. The van der Waals surface area contributed by atoms with Crippen molar-refractivity contribution in [1.29, 1.82) is 0 Å². The van der Waals surface area contributed by atoms with E-state index in [4.69, 9.17) is 4.74 Å². The third-order valence-corrected chi connectivity index (χ3v) is 1.41. The van der Waals surface area contributed by atoms with Crippen LogP contribution in [0.4, 0.5) is 0 Å². The first-order chi connectivity index (χ1) is 5.09. The average Bonchev–Trinajstić information content (AvgIpc) is 1.98. The maximum atomic E-state index is 10.9. The van der Waals surface area contributed by atoms with E-state index in [1.165, 1.54) is 6.92 Å². The summed E-state index contributed by atoms with van der Waals surface area (Å²) in [6.07, 6.45) is 0.788. The Morgan fingerprint density at radius 3 is 2.36 bits per heavy atom. The SMILES string of the molecule is CCCOC(=O)C(C)C(C)=O. The van der Waals surface area contributed by atoms with Crippen LogP contribution in [-0.2, 0) is 14.3 Å². The molecule has 0 spiro atoms. The van der Waals surface area contributed by atoms with E-state index in [2.05, 4.69) is 0 Å². The molecule has 0 fully saturated rings. The molecular weight excluding hydrogens is 144 g/mol. The highest BCUT2D eigenvalue weighted by molar-refractivity contribution is 5.97. The molecule has 1 unspecified atom stereocenters. The van der Waals surface area contributed by atoms with Gasteiger partial charge in [-0.25, -0.2) is 0 Å². The van der Waals surface area contributed by atoms with E-state index in [0.717, 1.165) is 6.42 Å². The summed E-state index contributed by atoms with van der Waals surface area (Å²) in [6.45, 7) is 5.25. The van der Waals surface area contributed by atoms with Crippen molar-refractivity contribution in [2.75, 3.05) is 6.61 Å². The zero-order chi connectivity index (χ0) is 8.85. The van der Waals surface area contributed by atoms with Gasteiger partial charge in [-0.15, -0.1) is 0 Å². The molecule has 0 aliphatic rings. The molecule has 3 nitrogen and oxygen atoms in total. The van der Waals surface area contributed by atoms with E-state index in [1.54, 1.807) is 6.92 Å². The highest BCUT2D eigenvalue weighted by Crippen LogP contribution is 1.99. The van der Waals surface area contributed by atoms with Gasteiger partial charge in [-0.2, -0.15) is 0 Å². The normalized spacial score (nSPS) is 12.3. The van der Waals surface area contributed by atoms with E-state index < -0.39 is 11.9 Å². The predicted molar refractivity (Wildman–Crippen MR) is 41.1 cm³/mol. The van der Waals surface area contributed by atoms with Crippen LogP contribution in [0.3, 0.4) is 0 Å². The van der Waals surface area contributed by atoms with Crippen LogP contribution in [0.2, 0.25) is 0 Å². The summed E-state index contributed by atoms with van der Waals surface area (Å²) >= 11 is 0. The molecule has 0 saturated heterocycles. The monoisotopic (exact) mass is 158 g/mol. The van der Waals surface area contributed by atoms with Crippen LogP contribution in [0.1, 0.15) is 27.2 Å². The third kappa shape index (κ3) is 3.75. The molecule has 64 valence electrons. The molecule has 0 amide bonds. The molecule has 0 aliphatic carbocycles. The van der Waals surface area contributed by atoms with Gasteiger partial charge in [0.1, 0.15) is 11.7 Å². The summed E-state index contributed by atoms with van der Waals surface area (Å²) in [5, 5.41) is 0. The van der Waals surface area contributed by atoms with Crippen molar-refractivity contribution < 1.29 is 14.3 Å². The smallest absolute Gasteiger partial charge is 0.316 e. The fraction of sp³-hybridized carbons (Fsp3) is 0.750. The Hall–Kier alpha value is -0.860. The van der Waals surface area contributed by atoms with Crippen LogP contribution < -0.4 is 0 Å². The first-order valence-corrected chi connectivity index (χ1v) is 3.76. The second kappa shape index (κ2) is 4.88. The van der Waals surface area contributed by atoms with E-state index in [1.807, 2.05) is 6.92 Å². The molecule has 3 heteroatoms. The van der Waals surface area contributed by atoms with Crippen molar-refractivity contribution in [3.63, 3.8) is 0 Å². The number of ketones is 1. The lowest BCUT2D eigenvalue weighted by Gasteiger charge is -2.06. The molecule has 0 saturated carbocycles. The zero-order valence-corrected chi connectivity index (χ0v) is 7.22. The van der Waals surface area contributed by atoms with Crippen molar-refractivity contribution in [2.45, 2.75) is 27.2 Å². The van der Waals surface area contributed by atoms with Crippen LogP contribution in [0, 0.1) is 5.92 Å². The Balaban J connectivity index is 3.74. The molecular formula is C8H14O3. The van der Waals surface area contributed by atoms with E-state index in [-0.39, 0.29) is 5.78 Å². The number of hydrogen-bond acceptors (Lipinski definition) is 3. The molecule has 0 aliphatic heterocycles. The first-order valence-electron chi connectivity index (χ1n) is 3.76. The van der Waals surface area contributed by atoms with Crippen molar-refractivity contribution in [1.82, 2.24) is 0 Å². The largest absolute Gasteiger partial charge is 0.465 e. The predicted octanol–water partition coefficient (Wildman–Crippen LogP) is 1.16. The van der Waals surface area contributed by atoms with Gasteiger partial charge in [0.2, 0.25) is 0 Å². The van der Waals surface area contributed by atoms with Gasteiger partial charge in [-0.05, 0) is 20.3 Å². The summed E-state index contributed by atoms with van der Waals surface area (Å²) in [7, 11) is 0. The number of Topliss-reactive ketones (excluding diaryl/α,β-unsaturated/α-hetero) is 1. The van der Waals surface area contributed by atoms with E-state index >= 15 is 0 Å². The van der Waals surface area contributed by atoms with Crippen molar-refractivity contribution in [2.24, 2.45) is 5.92 Å². The summed E-state index contributed by atoms with van der Waals surface area (Å²) in [5.74, 6) is -1.17. The second-order valence-electron chi connectivity index (χ2n) is 2.50. The lowest BCUT2D eigenvalue weighted by atomic mass is 10.1. The van der Waals surface area contributed by atoms with Gasteiger partial charge in [0.25, 0.3) is 0 Å². The van der Waals surface area contributed by atoms with Gasteiger partial charge in [-0.1, -0.05) is 6.92 Å². The lowest BCUT2D eigenvalue weighted by Crippen LogP contribution is -2.21. The van der Waals surface area contributed by atoms with Gasteiger partial charge in [0.05, 0.1) is 6.61 Å². The Kier molecular flexibility index (Phi) is 4.50. The van der Waals surface area contributed by atoms with Gasteiger partial charge in [-0.3, -0.25) is 9.59 Å². The maximum absolute atomic E-state index is 10.9. The molecule has 11 heavy (non-hydrogen) atoms. The Morgan fingerprint density at radius 2 is 2.00 bits per heavy atom. The van der Waals surface area contributed by atoms with E-state index in [0.29, 0.717) is 6.61 Å². The lowest BCUT2D eigenvalue weighted by molar-refractivity contribution is -0.150. The van der Waals surface area contributed by atoms with Crippen LogP contribution >= 0.6 is 0 Å². The molecule has 0 N–H and O–H groups in total. The molecule has 0 radical (unpaired) electrons. The third-order valence-electron chi connectivity index (χ3n) is 1.41. The van der Waals surface area contributed by atoms with E-state index in [9.17, 15) is 9.59 Å². The maximum Gasteiger partial charge on any atom is 0.316 e. The second-order valence-corrected chi connectivity index (χ2v) is 2.50. The van der Waals surface area contributed by atoms with Crippen molar-refractivity contribution in [3.8, 4) is 0 Å². The first kappa shape index (κ1) is 10.1. The number of carbonyl (C=O) groups is 2. The van der Waals surface area contributed by atoms with Crippen LogP contribution in [0.15, 0.2) is 0 Å². The average molecular weight is 158 g/mol. The molecule has 0 aromatic rings. The summed E-state index contributed by atoms with van der Waals surface area (Å²) in [6, 6.07) is 0. The summed E-state index contributed by atoms with van der Waals surface area (Å²) < 4.78 is 4.75. The standard InChI is InChI=1S/C8H14O3/c1-4-5-11-8(10)6(2)7(3)9/h6H,4-5H2,1-3H3. The minimum Gasteiger partial charge on any atom is -0.465 e. The molecule has 0 bridgehead atoms. The van der Waals surface area contributed by atoms with Crippen molar-refractivity contribution >= 4 is 11.8 Å². The number of carbonyl (C=O) groups excluding carboxylic acids is 2. The number of hydrogen-bond donors (Lipinski definition) is 0. The zero-order valence-electron chi connectivity index (χ0n) is 7.22. The van der Waals surface area contributed by atoms with Crippen LogP contribution in [0.5, 0.6) is 0 Å². The molecule has 0 aromatic heterocycles. The Morgan fingerprint density at radius 1 is 1.45 bits per heavy atom. The summed E-state index contributed by atoms with van der Waals surface area (Å²) in [4.78, 5) is 21.5. The fourth-order valence-electron chi connectivity index (χ4n) is 0.494. The van der Waals surface area contributed by atoms with Crippen molar-refractivity contribution in [3.05, 3.63) is 0 Å². The van der Waals surface area contributed by atoms with Crippen LogP contribution in [0.25, 0.3) is 0 Å². The topological polar surface area (TPSA) is 43.4 Å². The minimum absolute atomic E-state index is 0.147. The number of ether oxygens (including phenoxy) is 1. The Bertz CT molecular complexity index is 151. The van der Waals surface area contributed by atoms with Gasteiger partial charge in [0, 0.05) is 0 Å². The van der Waals surface area contributed by atoms with Gasteiger partial charge in [0.15, 0.2) is 0 Å². The Labute approximate surface area is 66.7 Å². The quantitative estimate of drug-likeness (QED) is 0.455. The fourth-order valence-corrected chi connectivity index (χ4v) is 0.494. The number of esters is 1. The molecule has 0 rings (SSSR count). The summed E-state index contributed by atoms with van der Waals surface area (Å²) in [5.41, 5.74) is 0. The highest BCUT2D eigenvalue weighted by atomic mass is 16.5. The highest BCUT2D eigenvalue weighted by Gasteiger charge is 2.18. The molecule has 0 heterocycles. The van der Waals surface area contributed by atoms with Gasteiger partial charge >= 0.3 is 5.97 Å². The molecule has 1 atom stereocenters.